The molecule has 0 aliphatic carbocycles. The van der Waals surface area contributed by atoms with Crippen LogP contribution in [0.3, 0.4) is 0 Å². The van der Waals surface area contributed by atoms with Crippen molar-refractivity contribution in [3.05, 3.63) is 0 Å². The second-order valence-corrected chi connectivity index (χ2v) is 4.81. The number of nitrogens with zero attached hydrogens (tertiary/aromatic N) is 1. The molecule has 2 unspecified atom stereocenters. The van der Waals surface area contributed by atoms with Crippen molar-refractivity contribution in [1.29, 1.82) is 0 Å². The number of likely N-dealkylation sites (tertiary alicyclic amines) is 1. The van der Waals surface area contributed by atoms with Crippen LogP contribution in [0.15, 0.2) is 0 Å². The zero-order valence-corrected chi connectivity index (χ0v) is 10.3. The van der Waals surface area contributed by atoms with Gasteiger partial charge in [0, 0.05) is 19.7 Å². The Bertz CT molecular complexity index is 180. The summed E-state index contributed by atoms with van der Waals surface area (Å²) >= 11 is 0. The summed E-state index contributed by atoms with van der Waals surface area (Å²) in [6.45, 7) is 9.63. The minimum absolute atomic E-state index is 0.372. The average molecular weight is 215 g/mol. The zero-order valence-electron chi connectivity index (χ0n) is 10.3. The Kier molecular flexibility index (Phi) is 5.03. The summed E-state index contributed by atoms with van der Waals surface area (Å²) in [7, 11) is 0. The molecule has 0 radical (unpaired) electrons. The Balaban J connectivity index is 2.36. The minimum atomic E-state index is -0.548. The lowest BCUT2D eigenvalue weighted by atomic mass is 10.0. The van der Waals surface area contributed by atoms with Crippen LogP contribution in [0.4, 0.5) is 0 Å². The maximum atomic E-state index is 10.0. The van der Waals surface area contributed by atoms with Crippen molar-refractivity contribution in [2.24, 2.45) is 0 Å². The maximum Gasteiger partial charge on any atom is 0.0743 e. The molecule has 0 bridgehead atoms. The third-order valence-electron chi connectivity index (χ3n) is 3.19. The van der Waals surface area contributed by atoms with E-state index >= 15 is 0 Å². The van der Waals surface area contributed by atoms with E-state index in [1.807, 2.05) is 20.8 Å². The summed E-state index contributed by atoms with van der Waals surface area (Å²) in [5, 5.41) is 10.0. The molecule has 0 aromatic heterocycles. The van der Waals surface area contributed by atoms with Gasteiger partial charge in [-0.1, -0.05) is 6.92 Å². The van der Waals surface area contributed by atoms with Crippen molar-refractivity contribution in [3.63, 3.8) is 0 Å². The molecule has 1 heterocycles. The first-order chi connectivity index (χ1) is 7.07. The molecule has 1 N–H and O–H groups in total. The third-order valence-corrected chi connectivity index (χ3v) is 3.19. The first-order valence-corrected chi connectivity index (χ1v) is 6.13. The number of hydrogen-bond donors (Lipinski definition) is 1. The van der Waals surface area contributed by atoms with Crippen LogP contribution in [0.2, 0.25) is 0 Å². The first kappa shape index (κ1) is 12.9. The third kappa shape index (κ3) is 4.49. The molecule has 0 spiro atoms. The standard InChI is InChI=1S/C12H25NO2/c1-4-12(3,14)10-13-8-6-7-11(9-13)15-5-2/h11,14H,4-10H2,1-3H3. The van der Waals surface area contributed by atoms with Gasteiger partial charge in [0.2, 0.25) is 0 Å². The second-order valence-electron chi connectivity index (χ2n) is 4.81. The Morgan fingerprint density at radius 1 is 1.47 bits per heavy atom. The fourth-order valence-electron chi connectivity index (χ4n) is 2.12. The van der Waals surface area contributed by atoms with E-state index in [0.717, 1.165) is 32.7 Å². The lowest BCUT2D eigenvalue weighted by Gasteiger charge is -2.36. The van der Waals surface area contributed by atoms with Gasteiger partial charge >= 0.3 is 0 Å². The van der Waals surface area contributed by atoms with Crippen molar-refractivity contribution in [1.82, 2.24) is 4.90 Å². The summed E-state index contributed by atoms with van der Waals surface area (Å²) in [6.07, 6.45) is 3.53. The number of piperidine rings is 1. The van der Waals surface area contributed by atoms with E-state index in [4.69, 9.17) is 4.74 Å². The highest BCUT2D eigenvalue weighted by atomic mass is 16.5. The number of hydrogen-bond acceptors (Lipinski definition) is 3. The van der Waals surface area contributed by atoms with Crippen molar-refractivity contribution >= 4 is 0 Å². The van der Waals surface area contributed by atoms with E-state index in [1.165, 1.54) is 12.8 Å². The lowest BCUT2D eigenvalue weighted by molar-refractivity contribution is -0.0325. The number of aliphatic hydroxyl groups is 1. The van der Waals surface area contributed by atoms with Gasteiger partial charge in [-0.2, -0.15) is 0 Å². The second kappa shape index (κ2) is 5.83. The van der Waals surface area contributed by atoms with Gasteiger partial charge in [-0.3, -0.25) is 4.90 Å². The van der Waals surface area contributed by atoms with E-state index < -0.39 is 5.60 Å². The maximum absolute atomic E-state index is 10.0. The van der Waals surface area contributed by atoms with Crippen LogP contribution in [-0.2, 0) is 4.74 Å². The summed E-state index contributed by atoms with van der Waals surface area (Å²) in [5.74, 6) is 0. The van der Waals surface area contributed by atoms with Crippen LogP contribution in [0.25, 0.3) is 0 Å². The SMILES string of the molecule is CCOC1CCCN(CC(C)(O)CC)C1. The predicted octanol–water partition coefficient (Wildman–Crippen LogP) is 1.65. The largest absolute Gasteiger partial charge is 0.389 e. The van der Waals surface area contributed by atoms with E-state index in [2.05, 4.69) is 4.90 Å². The Hall–Kier alpha value is -0.120. The molecular formula is C12H25NO2. The zero-order chi connectivity index (χ0) is 11.3. The molecule has 0 amide bonds. The molecular weight excluding hydrogens is 190 g/mol. The predicted molar refractivity (Wildman–Crippen MR) is 62.0 cm³/mol. The summed E-state index contributed by atoms with van der Waals surface area (Å²) < 4.78 is 5.64. The quantitative estimate of drug-likeness (QED) is 0.757. The van der Waals surface area contributed by atoms with E-state index in [-0.39, 0.29) is 0 Å². The highest BCUT2D eigenvalue weighted by molar-refractivity contribution is 4.80. The number of β-amino-alcohol motifs (C(OH)–C–C–N with tert-alkyl or cyclic N) is 1. The molecule has 0 saturated carbocycles. The minimum Gasteiger partial charge on any atom is -0.389 e. The fraction of sp³-hybridized carbons (Fsp3) is 1.00. The molecule has 1 aliphatic rings. The van der Waals surface area contributed by atoms with Gasteiger partial charge in [-0.15, -0.1) is 0 Å². The summed E-state index contributed by atoms with van der Waals surface area (Å²) in [5.41, 5.74) is -0.548. The highest BCUT2D eigenvalue weighted by Crippen LogP contribution is 2.17. The van der Waals surface area contributed by atoms with Crippen LogP contribution in [-0.4, -0.2) is 48.0 Å². The molecule has 3 heteroatoms. The van der Waals surface area contributed by atoms with Gasteiger partial charge in [0.25, 0.3) is 0 Å². The van der Waals surface area contributed by atoms with Crippen molar-refractivity contribution in [3.8, 4) is 0 Å². The molecule has 1 rings (SSSR count). The van der Waals surface area contributed by atoms with Gasteiger partial charge in [0.1, 0.15) is 0 Å². The van der Waals surface area contributed by atoms with Crippen molar-refractivity contribution in [2.75, 3.05) is 26.2 Å². The highest BCUT2D eigenvalue weighted by Gasteiger charge is 2.26. The van der Waals surface area contributed by atoms with Crippen LogP contribution in [0.5, 0.6) is 0 Å². The molecule has 0 aromatic carbocycles. The molecule has 2 atom stereocenters. The van der Waals surface area contributed by atoms with Crippen LogP contribution in [0, 0.1) is 0 Å². The first-order valence-electron chi connectivity index (χ1n) is 6.13. The molecule has 1 aliphatic heterocycles. The van der Waals surface area contributed by atoms with Crippen LogP contribution < -0.4 is 0 Å². The average Bonchev–Trinajstić information content (AvgIpc) is 2.18. The summed E-state index contributed by atoms with van der Waals surface area (Å²) in [6, 6.07) is 0. The van der Waals surface area contributed by atoms with Gasteiger partial charge < -0.3 is 9.84 Å². The Morgan fingerprint density at radius 2 is 2.20 bits per heavy atom. The van der Waals surface area contributed by atoms with Gasteiger partial charge in [0.05, 0.1) is 11.7 Å². The fourth-order valence-corrected chi connectivity index (χ4v) is 2.12. The molecule has 15 heavy (non-hydrogen) atoms. The van der Waals surface area contributed by atoms with E-state index in [0.29, 0.717) is 6.10 Å². The van der Waals surface area contributed by atoms with Gasteiger partial charge in [0.15, 0.2) is 0 Å². The topological polar surface area (TPSA) is 32.7 Å². The summed E-state index contributed by atoms with van der Waals surface area (Å²) in [4.78, 5) is 2.33. The normalized spacial score (nSPS) is 27.6. The number of rotatable bonds is 5. The van der Waals surface area contributed by atoms with Crippen LogP contribution in [0.1, 0.15) is 40.0 Å². The molecule has 1 saturated heterocycles. The Labute approximate surface area is 93.4 Å². The smallest absolute Gasteiger partial charge is 0.0743 e. The van der Waals surface area contributed by atoms with Gasteiger partial charge in [-0.05, 0) is 39.7 Å². The molecule has 0 aromatic rings. The molecule has 3 nitrogen and oxygen atoms in total. The lowest BCUT2D eigenvalue weighted by Crippen LogP contribution is -2.47. The molecule has 90 valence electrons. The van der Waals surface area contributed by atoms with Crippen LogP contribution >= 0.6 is 0 Å². The molecule has 1 fully saturated rings. The van der Waals surface area contributed by atoms with E-state index in [9.17, 15) is 5.11 Å². The van der Waals surface area contributed by atoms with E-state index in [1.54, 1.807) is 0 Å². The van der Waals surface area contributed by atoms with Crippen molar-refractivity contribution in [2.45, 2.75) is 51.7 Å². The van der Waals surface area contributed by atoms with Crippen molar-refractivity contribution < 1.29 is 9.84 Å². The Morgan fingerprint density at radius 3 is 2.80 bits per heavy atom. The monoisotopic (exact) mass is 215 g/mol. The van der Waals surface area contributed by atoms with Gasteiger partial charge in [-0.25, -0.2) is 0 Å². The number of ether oxygens (including phenoxy) is 1.